The van der Waals surface area contributed by atoms with E-state index in [9.17, 15) is 14.7 Å². The Hall–Kier alpha value is -3.32. The number of allylic oxidation sites excluding steroid dienone is 1. The summed E-state index contributed by atoms with van der Waals surface area (Å²) in [6.07, 6.45) is 4.01. The van der Waals surface area contributed by atoms with Crippen molar-refractivity contribution in [3.05, 3.63) is 65.7 Å². The summed E-state index contributed by atoms with van der Waals surface area (Å²) >= 11 is 0. The van der Waals surface area contributed by atoms with Gasteiger partial charge in [-0.1, -0.05) is 36.4 Å². The zero-order valence-electron chi connectivity index (χ0n) is 17.7. The quantitative estimate of drug-likeness (QED) is 0.778. The lowest BCUT2D eigenvalue weighted by molar-refractivity contribution is -0.159. The monoisotopic (exact) mass is 421 g/mol. The third-order valence-electron chi connectivity index (χ3n) is 6.06. The molecule has 7 heteroatoms. The maximum atomic E-state index is 12.8. The van der Waals surface area contributed by atoms with Crippen LogP contribution in [0.1, 0.15) is 24.0 Å². The molecule has 2 N–H and O–H groups in total. The largest absolute Gasteiger partial charge is 0.497 e. The summed E-state index contributed by atoms with van der Waals surface area (Å²) in [5, 5.41) is 12.8. The molecule has 3 atom stereocenters. The van der Waals surface area contributed by atoms with Crippen LogP contribution in [0.3, 0.4) is 0 Å². The van der Waals surface area contributed by atoms with E-state index >= 15 is 0 Å². The Morgan fingerprint density at radius 1 is 1.19 bits per heavy atom. The molecule has 0 aliphatic carbocycles. The number of anilines is 1. The molecule has 2 aromatic rings. The molecule has 2 aromatic carbocycles. The maximum absolute atomic E-state index is 12.8. The molecular formula is C24H27N3O4. The Labute approximate surface area is 181 Å². The number of aliphatic hydroxyl groups is 1. The van der Waals surface area contributed by atoms with E-state index < -0.39 is 0 Å². The van der Waals surface area contributed by atoms with Gasteiger partial charge in [-0.25, -0.2) is 4.79 Å². The number of fused-ring (bicyclic) bond motifs is 1. The Balaban J connectivity index is 1.49. The predicted octanol–water partition coefficient (Wildman–Crippen LogP) is 2.93. The van der Waals surface area contributed by atoms with Gasteiger partial charge >= 0.3 is 6.03 Å². The summed E-state index contributed by atoms with van der Waals surface area (Å²) in [6.45, 7) is 2.30. The van der Waals surface area contributed by atoms with Gasteiger partial charge in [-0.3, -0.25) is 4.79 Å². The van der Waals surface area contributed by atoms with E-state index in [1.807, 2.05) is 43.3 Å². The Bertz CT molecular complexity index is 971. The number of carbonyl (C=O) groups excluding carboxylic acids is 2. The number of nitrogens with zero attached hydrogens (tertiary/aromatic N) is 2. The number of urea groups is 1. The molecule has 2 saturated heterocycles. The van der Waals surface area contributed by atoms with Crippen LogP contribution >= 0.6 is 0 Å². The van der Waals surface area contributed by atoms with Crippen LogP contribution < -0.4 is 10.1 Å². The fourth-order valence-electron chi connectivity index (χ4n) is 4.55. The van der Waals surface area contributed by atoms with Gasteiger partial charge in [-0.05, 0) is 42.3 Å². The van der Waals surface area contributed by atoms with E-state index in [1.54, 1.807) is 41.2 Å². The van der Waals surface area contributed by atoms with Crippen molar-refractivity contribution in [1.29, 1.82) is 0 Å². The van der Waals surface area contributed by atoms with Gasteiger partial charge in [0, 0.05) is 18.2 Å². The van der Waals surface area contributed by atoms with Crippen molar-refractivity contribution in [3.8, 4) is 5.75 Å². The number of nitrogens with one attached hydrogen (secondary N) is 1. The van der Waals surface area contributed by atoms with Gasteiger partial charge in [0.1, 0.15) is 12.3 Å². The number of ether oxygens (including phenoxy) is 1. The van der Waals surface area contributed by atoms with Crippen molar-refractivity contribution in [2.75, 3.05) is 32.1 Å². The standard InChI is InChI=1S/C24H27N3O4/c1-3-4-16-5-7-17(8-6-16)23-20-13-26(14-22(29)27(20)21(23)15-28)24(30)25-18-9-11-19(31-2)12-10-18/h3-12,20-21,23,28H,13-15H2,1-2H3,(H,25,30)/b4-3+/t20-,21-,23-/m1/s1. The third-order valence-corrected chi connectivity index (χ3v) is 6.06. The van der Waals surface area contributed by atoms with Crippen LogP contribution in [0.2, 0.25) is 0 Å². The fraction of sp³-hybridized carbons (Fsp3) is 0.333. The first-order chi connectivity index (χ1) is 15.0. The van der Waals surface area contributed by atoms with Crippen molar-refractivity contribution < 1.29 is 19.4 Å². The molecule has 0 aromatic heterocycles. The highest BCUT2D eigenvalue weighted by Crippen LogP contribution is 2.43. The minimum absolute atomic E-state index is 0.00193. The van der Waals surface area contributed by atoms with Gasteiger partial charge in [-0.15, -0.1) is 0 Å². The van der Waals surface area contributed by atoms with Crippen LogP contribution in [0.15, 0.2) is 54.6 Å². The molecule has 2 aliphatic heterocycles. The molecular weight excluding hydrogens is 394 g/mol. The number of benzene rings is 2. The maximum Gasteiger partial charge on any atom is 0.322 e. The molecule has 0 bridgehead atoms. The molecule has 0 spiro atoms. The molecule has 0 radical (unpaired) electrons. The summed E-state index contributed by atoms with van der Waals surface area (Å²) < 4.78 is 5.14. The lowest BCUT2D eigenvalue weighted by Gasteiger charge is -2.58. The first-order valence-electron chi connectivity index (χ1n) is 10.4. The smallest absolute Gasteiger partial charge is 0.322 e. The van der Waals surface area contributed by atoms with Gasteiger partial charge in [0.2, 0.25) is 5.91 Å². The number of hydrogen-bond acceptors (Lipinski definition) is 4. The van der Waals surface area contributed by atoms with E-state index in [4.69, 9.17) is 4.74 Å². The van der Waals surface area contributed by atoms with E-state index in [1.165, 1.54) is 0 Å². The molecule has 7 nitrogen and oxygen atoms in total. The SMILES string of the molecule is C/C=C/c1ccc([C@H]2[C@@H](CO)N3C(=O)CN(C(=O)Nc4ccc(OC)cc4)C[C@H]23)cc1. The van der Waals surface area contributed by atoms with Gasteiger partial charge in [0.05, 0.1) is 25.8 Å². The number of piperazine rings is 1. The topological polar surface area (TPSA) is 82.1 Å². The number of amides is 3. The van der Waals surface area contributed by atoms with Crippen LogP contribution in [0.4, 0.5) is 10.5 Å². The van der Waals surface area contributed by atoms with Crippen LogP contribution in [0.25, 0.3) is 6.08 Å². The molecule has 162 valence electrons. The van der Waals surface area contributed by atoms with E-state index in [0.29, 0.717) is 18.0 Å². The molecule has 2 aliphatic rings. The zero-order valence-corrected chi connectivity index (χ0v) is 17.7. The number of carbonyl (C=O) groups is 2. The highest BCUT2D eigenvalue weighted by atomic mass is 16.5. The van der Waals surface area contributed by atoms with E-state index in [-0.39, 0.29) is 43.1 Å². The summed E-state index contributed by atoms with van der Waals surface area (Å²) in [5.41, 5.74) is 2.81. The van der Waals surface area contributed by atoms with Gasteiger partial charge in [-0.2, -0.15) is 0 Å². The van der Waals surface area contributed by atoms with Crippen molar-refractivity contribution in [2.45, 2.75) is 24.9 Å². The number of hydrogen-bond donors (Lipinski definition) is 2. The predicted molar refractivity (Wildman–Crippen MR) is 119 cm³/mol. The van der Waals surface area contributed by atoms with Gasteiger partial charge in [0.25, 0.3) is 0 Å². The Morgan fingerprint density at radius 2 is 1.90 bits per heavy atom. The average molecular weight is 421 g/mol. The Kier molecular flexibility index (Phi) is 5.95. The molecule has 4 rings (SSSR count). The van der Waals surface area contributed by atoms with Gasteiger partial charge < -0.3 is 25.0 Å². The minimum atomic E-state index is -0.312. The number of aliphatic hydroxyl groups excluding tert-OH is 1. The van der Waals surface area contributed by atoms with Crippen LogP contribution in [0.5, 0.6) is 5.75 Å². The summed E-state index contributed by atoms with van der Waals surface area (Å²) in [4.78, 5) is 28.9. The normalized spacial score (nSPS) is 22.8. The van der Waals surface area contributed by atoms with Crippen molar-refractivity contribution in [3.63, 3.8) is 0 Å². The van der Waals surface area contributed by atoms with Crippen molar-refractivity contribution in [2.24, 2.45) is 0 Å². The van der Waals surface area contributed by atoms with Crippen molar-refractivity contribution in [1.82, 2.24) is 9.80 Å². The van der Waals surface area contributed by atoms with Crippen LogP contribution in [-0.2, 0) is 4.79 Å². The highest BCUT2D eigenvalue weighted by molar-refractivity contribution is 5.93. The lowest BCUT2D eigenvalue weighted by atomic mass is 9.73. The number of methoxy groups -OCH3 is 1. The molecule has 2 fully saturated rings. The van der Waals surface area contributed by atoms with E-state index in [0.717, 1.165) is 11.1 Å². The Morgan fingerprint density at radius 3 is 2.52 bits per heavy atom. The zero-order chi connectivity index (χ0) is 22.0. The average Bonchev–Trinajstić information content (AvgIpc) is 2.77. The minimum Gasteiger partial charge on any atom is -0.497 e. The second kappa shape index (κ2) is 8.81. The lowest BCUT2D eigenvalue weighted by Crippen LogP contribution is -2.73. The number of rotatable bonds is 5. The van der Waals surface area contributed by atoms with Gasteiger partial charge in [0.15, 0.2) is 0 Å². The third kappa shape index (κ3) is 4.01. The summed E-state index contributed by atoms with van der Waals surface area (Å²) in [6, 6.07) is 14.5. The van der Waals surface area contributed by atoms with Crippen LogP contribution in [-0.4, -0.2) is 65.7 Å². The molecule has 2 heterocycles. The molecule has 3 amide bonds. The molecule has 0 saturated carbocycles. The second-order valence-electron chi connectivity index (χ2n) is 7.85. The highest BCUT2D eigenvalue weighted by Gasteiger charge is 2.54. The molecule has 0 unspecified atom stereocenters. The first kappa shape index (κ1) is 20.9. The van der Waals surface area contributed by atoms with Crippen LogP contribution in [0, 0.1) is 0 Å². The summed E-state index contributed by atoms with van der Waals surface area (Å²) in [5.74, 6) is 0.557. The summed E-state index contributed by atoms with van der Waals surface area (Å²) in [7, 11) is 1.58. The molecule has 31 heavy (non-hydrogen) atoms. The fourth-order valence-corrected chi connectivity index (χ4v) is 4.55. The van der Waals surface area contributed by atoms with E-state index in [2.05, 4.69) is 5.32 Å². The van der Waals surface area contributed by atoms with Crippen molar-refractivity contribution >= 4 is 23.7 Å². The second-order valence-corrected chi connectivity index (χ2v) is 7.85. The first-order valence-corrected chi connectivity index (χ1v) is 10.4.